The molecule has 1 aromatic heterocycles. The van der Waals surface area contributed by atoms with Crippen molar-refractivity contribution in [2.75, 3.05) is 6.54 Å². The van der Waals surface area contributed by atoms with Gasteiger partial charge in [-0.3, -0.25) is 5.41 Å². The third-order valence-corrected chi connectivity index (χ3v) is 4.81. The summed E-state index contributed by atoms with van der Waals surface area (Å²) in [5.41, 5.74) is 2.32. The van der Waals surface area contributed by atoms with Crippen LogP contribution in [0.1, 0.15) is 51.8 Å². The first kappa shape index (κ1) is 16.6. The van der Waals surface area contributed by atoms with Gasteiger partial charge in [0.05, 0.1) is 23.2 Å². The number of aliphatic hydroxyl groups is 1. The molecule has 5 heteroatoms. The SMILES string of the molecule is CCCCC[C@H](CC)N1CC(O)=C(c2nc3ccccc3[nH]2)C1=N. The number of fused-ring (bicyclic) bond motifs is 1. The van der Waals surface area contributed by atoms with Crippen LogP contribution in [0.25, 0.3) is 16.6 Å². The molecule has 0 aliphatic carbocycles. The Kier molecular flexibility index (Phi) is 4.88. The van der Waals surface area contributed by atoms with Gasteiger partial charge in [0, 0.05) is 6.04 Å². The number of hydrogen-bond acceptors (Lipinski definition) is 3. The van der Waals surface area contributed by atoms with Crippen molar-refractivity contribution in [3.8, 4) is 0 Å². The lowest BCUT2D eigenvalue weighted by Crippen LogP contribution is -2.37. The van der Waals surface area contributed by atoms with E-state index in [1.807, 2.05) is 29.2 Å². The van der Waals surface area contributed by atoms with Crippen LogP contribution in [0.15, 0.2) is 30.0 Å². The van der Waals surface area contributed by atoms with E-state index in [-0.39, 0.29) is 5.76 Å². The second-order valence-electron chi connectivity index (χ2n) is 6.46. The highest BCUT2D eigenvalue weighted by Gasteiger charge is 2.33. The molecule has 1 aromatic carbocycles. The molecule has 0 radical (unpaired) electrons. The van der Waals surface area contributed by atoms with Gasteiger partial charge >= 0.3 is 0 Å². The van der Waals surface area contributed by atoms with Gasteiger partial charge in [-0.2, -0.15) is 0 Å². The number of aromatic nitrogens is 2. The smallest absolute Gasteiger partial charge is 0.145 e. The lowest BCUT2D eigenvalue weighted by molar-refractivity contribution is 0.272. The molecular weight excluding hydrogens is 300 g/mol. The number of aliphatic hydroxyl groups excluding tert-OH is 1. The van der Waals surface area contributed by atoms with Crippen LogP contribution in [0.5, 0.6) is 0 Å². The third kappa shape index (κ3) is 3.03. The highest BCUT2D eigenvalue weighted by Crippen LogP contribution is 2.30. The number of H-pyrrole nitrogens is 1. The molecule has 1 atom stereocenters. The zero-order valence-electron chi connectivity index (χ0n) is 14.5. The van der Waals surface area contributed by atoms with Crippen molar-refractivity contribution in [1.82, 2.24) is 14.9 Å². The van der Waals surface area contributed by atoms with Gasteiger partial charge in [-0.1, -0.05) is 45.2 Å². The minimum atomic E-state index is 0.244. The Balaban J connectivity index is 1.82. The number of imidazole rings is 1. The average molecular weight is 326 g/mol. The third-order valence-electron chi connectivity index (χ3n) is 4.81. The quantitative estimate of drug-likeness (QED) is 0.656. The first-order chi connectivity index (χ1) is 11.7. The number of hydrogen-bond donors (Lipinski definition) is 3. The summed E-state index contributed by atoms with van der Waals surface area (Å²) >= 11 is 0. The molecule has 0 amide bonds. The highest BCUT2D eigenvalue weighted by atomic mass is 16.3. The molecule has 2 aromatic rings. The molecule has 0 unspecified atom stereocenters. The van der Waals surface area contributed by atoms with Crippen molar-refractivity contribution in [2.24, 2.45) is 0 Å². The Hall–Kier alpha value is -2.30. The summed E-state index contributed by atoms with van der Waals surface area (Å²) in [7, 11) is 0. The molecule has 1 aliphatic rings. The van der Waals surface area contributed by atoms with Gasteiger partial charge in [0.1, 0.15) is 17.4 Å². The van der Waals surface area contributed by atoms with E-state index in [1.54, 1.807) is 0 Å². The van der Waals surface area contributed by atoms with Gasteiger partial charge in [0.25, 0.3) is 0 Å². The van der Waals surface area contributed by atoms with Gasteiger partial charge < -0.3 is 15.0 Å². The molecule has 2 heterocycles. The fourth-order valence-corrected chi connectivity index (χ4v) is 3.44. The molecule has 0 saturated heterocycles. The van der Waals surface area contributed by atoms with Crippen molar-refractivity contribution in [3.05, 3.63) is 35.8 Å². The minimum Gasteiger partial charge on any atom is -0.510 e. The normalized spacial score (nSPS) is 16.4. The maximum atomic E-state index is 10.5. The van der Waals surface area contributed by atoms with Crippen molar-refractivity contribution in [2.45, 2.75) is 52.0 Å². The first-order valence-electron chi connectivity index (χ1n) is 8.88. The molecule has 0 fully saturated rings. The molecular formula is C19H26N4O. The van der Waals surface area contributed by atoms with Crippen LogP contribution in [0.3, 0.4) is 0 Å². The topological polar surface area (TPSA) is 76.0 Å². The van der Waals surface area contributed by atoms with Crippen LogP contribution in [0, 0.1) is 5.41 Å². The second-order valence-corrected chi connectivity index (χ2v) is 6.46. The monoisotopic (exact) mass is 326 g/mol. The number of nitrogens with one attached hydrogen (secondary N) is 2. The lowest BCUT2D eigenvalue weighted by atomic mass is 10.0. The van der Waals surface area contributed by atoms with Crippen LogP contribution >= 0.6 is 0 Å². The largest absolute Gasteiger partial charge is 0.510 e. The van der Waals surface area contributed by atoms with Crippen LogP contribution in [-0.2, 0) is 0 Å². The second kappa shape index (κ2) is 7.07. The zero-order chi connectivity index (χ0) is 17.1. The number of amidine groups is 1. The summed E-state index contributed by atoms with van der Waals surface area (Å²) in [5.74, 6) is 1.22. The number of rotatable bonds is 7. The van der Waals surface area contributed by atoms with Crippen LogP contribution < -0.4 is 0 Å². The number of benzene rings is 1. The predicted octanol–water partition coefficient (Wildman–Crippen LogP) is 4.48. The summed E-state index contributed by atoms with van der Waals surface area (Å²) in [6.45, 7) is 4.77. The molecule has 5 nitrogen and oxygen atoms in total. The number of nitrogens with zero attached hydrogens (tertiary/aromatic N) is 2. The van der Waals surface area contributed by atoms with E-state index in [1.165, 1.54) is 19.3 Å². The van der Waals surface area contributed by atoms with Gasteiger partial charge in [0.2, 0.25) is 0 Å². The lowest BCUT2D eigenvalue weighted by Gasteiger charge is -2.29. The summed E-state index contributed by atoms with van der Waals surface area (Å²) in [5, 5.41) is 19.0. The molecule has 3 N–H and O–H groups in total. The Morgan fingerprint density at radius 1 is 1.29 bits per heavy atom. The predicted molar refractivity (Wildman–Crippen MR) is 98.3 cm³/mol. The Labute approximate surface area is 142 Å². The summed E-state index contributed by atoms with van der Waals surface area (Å²) in [6.07, 6.45) is 5.62. The van der Waals surface area contributed by atoms with Crippen molar-refractivity contribution < 1.29 is 5.11 Å². The Morgan fingerprint density at radius 2 is 2.08 bits per heavy atom. The molecule has 0 bridgehead atoms. The van der Waals surface area contributed by atoms with Crippen molar-refractivity contribution in [1.29, 1.82) is 5.41 Å². The maximum Gasteiger partial charge on any atom is 0.145 e. The molecule has 0 spiro atoms. The van der Waals surface area contributed by atoms with E-state index in [0.29, 0.717) is 29.8 Å². The summed E-state index contributed by atoms with van der Waals surface area (Å²) in [6, 6.07) is 8.08. The number of para-hydroxylation sites is 2. The van der Waals surface area contributed by atoms with E-state index in [9.17, 15) is 5.11 Å². The Bertz CT molecular complexity index is 729. The van der Waals surface area contributed by atoms with E-state index in [4.69, 9.17) is 5.41 Å². The van der Waals surface area contributed by atoms with E-state index in [2.05, 4.69) is 23.8 Å². The van der Waals surface area contributed by atoms with Gasteiger partial charge in [-0.15, -0.1) is 0 Å². The molecule has 24 heavy (non-hydrogen) atoms. The zero-order valence-corrected chi connectivity index (χ0v) is 14.5. The van der Waals surface area contributed by atoms with Crippen LogP contribution in [-0.4, -0.2) is 38.4 Å². The van der Waals surface area contributed by atoms with Crippen molar-refractivity contribution in [3.63, 3.8) is 0 Å². The number of aromatic amines is 1. The molecule has 0 saturated carbocycles. The number of unbranched alkanes of at least 4 members (excludes halogenated alkanes) is 2. The van der Waals surface area contributed by atoms with E-state index in [0.717, 1.165) is 23.9 Å². The standard InChI is InChI=1S/C19H26N4O/c1-3-5-6-9-13(4-2)23-12-16(24)17(18(23)20)19-21-14-10-7-8-11-15(14)22-19/h7-8,10-11,13,20,24H,3-6,9,12H2,1-2H3,(H,21,22)/t13-/m0/s1. The first-order valence-corrected chi connectivity index (χ1v) is 8.88. The fourth-order valence-electron chi connectivity index (χ4n) is 3.44. The van der Waals surface area contributed by atoms with Gasteiger partial charge in [-0.25, -0.2) is 4.98 Å². The minimum absolute atomic E-state index is 0.244. The van der Waals surface area contributed by atoms with Crippen LogP contribution in [0.2, 0.25) is 0 Å². The van der Waals surface area contributed by atoms with Gasteiger partial charge in [-0.05, 0) is 25.0 Å². The van der Waals surface area contributed by atoms with Gasteiger partial charge in [0.15, 0.2) is 0 Å². The maximum absolute atomic E-state index is 10.5. The molecule has 1 aliphatic heterocycles. The van der Waals surface area contributed by atoms with E-state index >= 15 is 0 Å². The van der Waals surface area contributed by atoms with E-state index < -0.39 is 0 Å². The van der Waals surface area contributed by atoms with Crippen LogP contribution in [0.4, 0.5) is 0 Å². The average Bonchev–Trinajstić information content (AvgIpc) is 3.12. The molecule has 128 valence electrons. The summed E-state index contributed by atoms with van der Waals surface area (Å²) < 4.78 is 0. The Morgan fingerprint density at radius 3 is 2.79 bits per heavy atom. The summed E-state index contributed by atoms with van der Waals surface area (Å²) in [4.78, 5) is 9.80. The molecule has 3 rings (SSSR count). The van der Waals surface area contributed by atoms with Crippen molar-refractivity contribution >= 4 is 22.4 Å². The fraction of sp³-hybridized carbons (Fsp3) is 0.474. The highest BCUT2D eigenvalue weighted by molar-refractivity contribution is 6.23.